The van der Waals surface area contributed by atoms with Crippen LogP contribution in [0.4, 0.5) is 10.5 Å². The highest BCUT2D eigenvalue weighted by atomic mass is 32.2. The average molecular weight is 471 g/mol. The Balaban J connectivity index is 1.34. The number of anilines is 1. The molecule has 0 radical (unpaired) electrons. The molecule has 2 amide bonds. The highest BCUT2D eigenvalue weighted by Crippen LogP contribution is 2.25. The molecule has 1 aliphatic heterocycles. The number of pyridine rings is 1. The van der Waals surface area contributed by atoms with Gasteiger partial charge in [-0.2, -0.15) is 9.29 Å². The van der Waals surface area contributed by atoms with Gasteiger partial charge in [0.15, 0.2) is 0 Å². The molecule has 0 unspecified atom stereocenters. The smallest absolute Gasteiger partial charge is 0.321 e. The Morgan fingerprint density at radius 3 is 2.33 bits per heavy atom. The van der Waals surface area contributed by atoms with Crippen LogP contribution in [-0.4, -0.2) is 65.0 Å². The van der Waals surface area contributed by atoms with Gasteiger partial charge in [0.2, 0.25) is 21.7 Å². The summed E-state index contributed by atoms with van der Waals surface area (Å²) in [5.41, 5.74) is 1.16. The van der Waals surface area contributed by atoms with E-state index < -0.39 is 10.0 Å². The Morgan fingerprint density at radius 1 is 1.06 bits per heavy atom. The highest BCUT2D eigenvalue weighted by molar-refractivity contribution is 7.89. The van der Waals surface area contributed by atoms with Crippen molar-refractivity contribution in [3.8, 4) is 11.4 Å². The van der Waals surface area contributed by atoms with Crippen LogP contribution in [0.3, 0.4) is 0 Å². The molecule has 1 aromatic carbocycles. The van der Waals surface area contributed by atoms with Gasteiger partial charge in [0.25, 0.3) is 0 Å². The summed E-state index contributed by atoms with van der Waals surface area (Å²) in [6.45, 7) is 7.02. The number of carbonyl (C=O) groups is 1. The van der Waals surface area contributed by atoms with Crippen LogP contribution in [0.15, 0.2) is 58.2 Å². The lowest BCUT2D eigenvalue weighted by Crippen LogP contribution is -2.51. The van der Waals surface area contributed by atoms with Crippen molar-refractivity contribution in [3.63, 3.8) is 0 Å². The minimum Gasteiger partial charge on any atom is -0.338 e. The Kier molecular flexibility index (Phi) is 6.17. The summed E-state index contributed by atoms with van der Waals surface area (Å²) in [6, 6.07) is 9.98. The third-order valence-electron chi connectivity index (χ3n) is 5.26. The summed E-state index contributed by atoms with van der Waals surface area (Å²) in [5.74, 6) is 1.04. The summed E-state index contributed by atoms with van der Waals surface area (Å²) < 4.78 is 32.1. The van der Waals surface area contributed by atoms with E-state index in [1.807, 2.05) is 32.9 Å². The Labute approximate surface area is 192 Å². The van der Waals surface area contributed by atoms with E-state index >= 15 is 0 Å². The van der Waals surface area contributed by atoms with Crippen LogP contribution in [0.25, 0.3) is 11.4 Å². The maximum Gasteiger partial charge on any atom is 0.321 e. The Bertz CT molecular complexity index is 1210. The second kappa shape index (κ2) is 8.91. The van der Waals surface area contributed by atoms with Gasteiger partial charge in [0.05, 0.1) is 0 Å². The van der Waals surface area contributed by atoms with Crippen molar-refractivity contribution in [1.82, 2.24) is 24.3 Å². The van der Waals surface area contributed by atoms with Gasteiger partial charge in [0, 0.05) is 55.2 Å². The SMILES string of the molecule is CC(C)(C)c1nc(-c2ccc(NC(=O)N3CCN(S(=O)(=O)c4cccnc4)CC3)cc2)no1. The third-order valence-corrected chi connectivity index (χ3v) is 7.14. The fraction of sp³-hybridized carbons (Fsp3) is 0.364. The first-order chi connectivity index (χ1) is 15.6. The number of benzene rings is 1. The number of nitrogens with one attached hydrogen (secondary N) is 1. The number of hydrogen-bond donors (Lipinski definition) is 1. The summed E-state index contributed by atoms with van der Waals surface area (Å²) in [5, 5.41) is 6.88. The van der Waals surface area contributed by atoms with E-state index in [1.54, 1.807) is 23.1 Å². The quantitative estimate of drug-likeness (QED) is 0.622. The van der Waals surface area contributed by atoms with E-state index in [9.17, 15) is 13.2 Å². The first-order valence-electron chi connectivity index (χ1n) is 10.6. The second-order valence-corrected chi connectivity index (χ2v) is 10.7. The minimum atomic E-state index is -3.62. The van der Waals surface area contributed by atoms with E-state index in [-0.39, 0.29) is 29.4 Å². The zero-order valence-electron chi connectivity index (χ0n) is 18.7. The molecule has 11 heteroatoms. The van der Waals surface area contributed by atoms with Crippen molar-refractivity contribution in [3.05, 3.63) is 54.7 Å². The molecule has 0 saturated carbocycles. The first-order valence-corrected chi connectivity index (χ1v) is 12.0. The van der Waals surface area contributed by atoms with Crippen LogP contribution >= 0.6 is 0 Å². The zero-order valence-corrected chi connectivity index (χ0v) is 19.5. The van der Waals surface area contributed by atoms with Crippen LogP contribution in [0.5, 0.6) is 0 Å². The number of aromatic nitrogens is 3. The van der Waals surface area contributed by atoms with Crippen LogP contribution in [-0.2, 0) is 15.4 Å². The van der Waals surface area contributed by atoms with Crippen molar-refractivity contribution < 1.29 is 17.7 Å². The molecule has 4 rings (SSSR count). The number of amides is 2. The number of sulfonamides is 1. The standard InChI is InChI=1S/C22H26N6O4S/c1-22(2,3)20-25-19(26-32-20)16-6-8-17(9-7-16)24-21(29)27-11-13-28(14-12-27)33(30,31)18-5-4-10-23-15-18/h4-10,15H,11-14H2,1-3H3,(H,24,29). The van der Waals surface area contributed by atoms with Crippen molar-refractivity contribution >= 4 is 21.7 Å². The van der Waals surface area contributed by atoms with Crippen LogP contribution < -0.4 is 5.32 Å². The van der Waals surface area contributed by atoms with Crippen LogP contribution in [0.2, 0.25) is 0 Å². The molecule has 2 aromatic heterocycles. The molecule has 0 aliphatic carbocycles. The summed E-state index contributed by atoms with van der Waals surface area (Å²) in [4.78, 5) is 22.7. The largest absolute Gasteiger partial charge is 0.338 e. The molecular formula is C22H26N6O4S. The molecule has 1 saturated heterocycles. The number of nitrogens with zero attached hydrogens (tertiary/aromatic N) is 5. The Morgan fingerprint density at radius 2 is 1.76 bits per heavy atom. The van der Waals surface area contributed by atoms with Crippen LogP contribution in [0, 0.1) is 0 Å². The second-order valence-electron chi connectivity index (χ2n) is 8.76. The number of urea groups is 1. The topological polar surface area (TPSA) is 122 Å². The molecule has 174 valence electrons. The third kappa shape index (κ3) is 5.04. The normalized spacial score (nSPS) is 15.4. The molecule has 1 N–H and O–H groups in total. The molecule has 0 spiro atoms. The number of carbonyl (C=O) groups excluding carboxylic acids is 1. The minimum absolute atomic E-state index is 0.152. The average Bonchev–Trinajstić information content (AvgIpc) is 3.31. The predicted octanol–water partition coefficient (Wildman–Crippen LogP) is 2.97. The first kappa shape index (κ1) is 22.9. The molecule has 1 aliphatic rings. The highest BCUT2D eigenvalue weighted by Gasteiger charge is 2.30. The maximum absolute atomic E-state index is 12.7. The number of hydrogen-bond acceptors (Lipinski definition) is 7. The molecule has 1 fully saturated rings. The molecular weight excluding hydrogens is 444 g/mol. The summed E-state index contributed by atoms with van der Waals surface area (Å²) >= 11 is 0. The van der Waals surface area contributed by atoms with E-state index in [0.717, 1.165) is 5.56 Å². The van der Waals surface area contributed by atoms with Crippen molar-refractivity contribution in [1.29, 1.82) is 0 Å². The molecule has 33 heavy (non-hydrogen) atoms. The molecule has 3 aromatic rings. The van der Waals surface area contributed by atoms with Gasteiger partial charge in [-0.25, -0.2) is 13.2 Å². The van der Waals surface area contributed by atoms with Gasteiger partial charge >= 0.3 is 6.03 Å². The predicted molar refractivity (Wildman–Crippen MR) is 122 cm³/mol. The van der Waals surface area contributed by atoms with E-state index in [0.29, 0.717) is 30.5 Å². The molecule has 10 nitrogen and oxygen atoms in total. The van der Waals surface area contributed by atoms with E-state index in [4.69, 9.17) is 4.52 Å². The molecule has 0 bridgehead atoms. The maximum atomic E-state index is 12.7. The fourth-order valence-corrected chi connectivity index (χ4v) is 4.72. The van der Waals surface area contributed by atoms with Crippen molar-refractivity contribution in [2.75, 3.05) is 31.5 Å². The zero-order chi connectivity index (χ0) is 23.6. The monoisotopic (exact) mass is 470 g/mol. The fourth-order valence-electron chi connectivity index (χ4n) is 3.33. The van der Waals surface area contributed by atoms with Crippen molar-refractivity contribution in [2.24, 2.45) is 0 Å². The van der Waals surface area contributed by atoms with Gasteiger partial charge in [-0.15, -0.1) is 0 Å². The van der Waals surface area contributed by atoms with Gasteiger partial charge in [-0.3, -0.25) is 4.98 Å². The van der Waals surface area contributed by atoms with Gasteiger partial charge in [-0.1, -0.05) is 25.9 Å². The lowest BCUT2D eigenvalue weighted by atomic mass is 9.97. The van der Waals surface area contributed by atoms with E-state index in [1.165, 1.54) is 22.8 Å². The molecule has 3 heterocycles. The summed E-state index contributed by atoms with van der Waals surface area (Å²) in [6.07, 6.45) is 2.86. The Hall–Kier alpha value is -3.31. The van der Waals surface area contributed by atoms with E-state index in [2.05, 4.69) is 20.4 Å². The van der Waals surface area contributed by atoms with Crippen LogP contribution in [0.1, 0.15) is 26.7 Å². The lowest BCUT2D eigenvalue weighted by molar-refractivity contribution is 0.184. The number of piperazine rings is 1. The summed E-state index contributed by atoms with van der Waals surface area (Å²) in [7, 11) is -3.62. The van der Waals surface area contributed by atoms with Gasteiger partial charge < -0.3 is 14.7 Å². The van der Waals surface area contributed by atoms with Gasteiger partial charge in [-0.05, 0) is 36.4 Å². The lowest BCUT2D eigenvalue weighted by Gasteiger charge is -2.33. The number of rotatable bonds is 4. The van der Waals surface area contributed by atoms with Gasteiger partial charge in [0.1, 0.15) is 4.90 Å². The van der Waals surface area contributed by atoms with Crippen molar-refractivity contribution in [2.45, 2.75) is 31.1 Å². The molecule has 0 atom stereocenters.